The normalized spacial score (nSPS) is 11.4. The second-order valence-electron chi connectivity index (χ2n) is 2.47. The number of H-pyrrole nitrogens is 1. The molecule has 0 radical (unpaired) electrons. The van der Waals surface area contributed by atoms with E-state index in [0.717, 1.165) is 6.26 Å². The highest BCUT2D eigenvalue weighted by molar-refractivity contribution is 7.89. The summed E-state index contributed by atoms with van der Waals surface area (Å²) in [5, 5.41) is 0. The van der Waals surface area contributed by atoms with Gasteiger partial charge in [0.05, 0.1) is 11.9 Å². The highest BCUT2D eigenvalue weighted by Gasteiger charge is 2.07. The fourth-order valence-corrected chi connectivity index (χ4v) is 1.40. The third-order valence-corrected chi connectivity index (χ3v) is 1.97. The number of carbonyl (C=O) groups is 1. The van der Waals surface area contributed by atoms with E-state index in [-0.39, 0.29) is 11.4 Å². The standard InChI is InChI=1S/C6H8N2O3S/c1-12(10,11)4-6-7-2-5(3-9)8-6/h2-3H,4H2,1H3,(H,7,8). The van der Waals surface area contributed by atoms with Crippen molar-refractivity contribution in [2.45, 2.75) is 5.75 Å². The van der Waals surface area contributed by atoms with Gasteiger partial charge in [-0.1, -0.05) is 0 Å². The Morgan fingerprint density at radius 2 is 2.33 bits per heavy atom. The van der Waals surface area contributed by atoms with Crippen LogP contribution in [0.3, 0.4) is 0 Å². The summed E-state index contributed by atoms with van der Waals surface area (Å²) in [6, 6.07) is 0. The minimum atomic E-state index is -3.08. The Hall–Kier alpha value is -1.17. The highest BCUT2D eigenvalue weighted by Crippen LogP contribution is 1.99. The van der Waals surface area contributed by atoms with Crippen molar-refractivity contribution in [1.82, 2.24) is 9.97 Å². The van der Waals surface area contributed by atoms with Gasteiger partial charge in [0.2, 0.25) is 0 Å². The molecule has 0 saturated carbocycles. The van der Waals surface area contributed by atoms with Crippen LogP contribution >= 0.6 is 0 Å². The maximum absolute atomic E-state index is 10.7. The minimum Gasteiger partial charge on any atom is -0.339 e. The van der Waals surface area contributed by atoms with Crippen LogP contribution in [-0.4, -0.2) is 30.9 Å². The number of sulfone groups is 1. The maximum atomic E-state index is 10.7. The molecule has 1 N–H and O–H groups in total. The first-order valence-electron chi connectivity index (χ1n) is 3.18. The summed E-state index contributed by atoms with van der Waals surface area (Å²) in [5.74, 6) is 0.125. The van der Waals surface area contributed by atoms with Crippen LogP contribution in [0.5, 0.6) is 0 Å². The lowest BCUT2D eigenvalue weighted by molar-refractivity contribution is 0.111. The molecule has 0 amide bonds. The van der Waals surface area contributed by atoms with Crippen molar-refractivity contribution in [2.24, 2.45) is 0 Å². The van der Waals surface area contributed by atoms with Crippen molar-refractivity contribution < 1.29 is 13.2 Å². The third-order valence-electron chi connectivity index (χ3n) is 1.17. The van der Waals surface area contributed by atoms with Gasteiger partial charge in [0.15, 0.2) is 16.1 Å². The number of aromatic amines is 1. The molecule has 0 bridgehead atoms. The predicted molar refractivity (Wildman–Crippen MR) is 42.5 cm³/mol. The van der Waals surface area contributed by atoms with Gasteiger partial charge in [0.25, 0.3) is 0 Å². The van der Waals surface area contributed by atoms with E-state index in [9.17, 15) is 13.2 Å². The summed E-state index contributed by atoms with van der Waals surface area (Å²) in [7, 11) is -3.08. The number of aromatic nitrogens is 2. The number of aldehydes is 1. The van der Waals surface area contributed by atoms with Gasteiger partial charge in [0, 0.05) is 6.26 Å². The van der Waals surface area contributed by atoms with Gasteiger partial charge < -0.3 is 4.98 Å². The van der Waals surface area contributed by atoms with Crippen LogP contribution < -0.4 is 0 Å². The average Bonchev–Trinajstić information content (AvgIpc) is 2.32. The van der Waals surface area contributed by atoms with Crippen LogP contribution in [0.1, 0.15) is 16.3 Å². The number of nitrogens with zero attached hydrogens (tertiary/aromatic N) is 1. The van der Waals surface area contributed by atoms with E-state index in [4.69, 9.17) is 0 Å². The monoisotopic (exact) mass is 188 g/mol. The van der Waals surface area contributed by atoms with Gasteiger partial charge in [-0.25, -0.2) is 13.4 Å². The average molecular weight is 188 g/mol. The van der Waals surface area contributed by atoms with Crippen molar-refractivity contribution >= 4 is 16.1 Å². The molecule has 0 aliphatic rings. The van der Waals surface area contributed by atoms with E-state index in [2.05, 4.69) is 9.97 Å². The van der Waals surface area contributed by atoms with Gasteiger partial charge >= 0.3 is 0 Å². The molecule has 12 heavy (non-hydrogen) atoms. The first kappa shape index (κ1) is 8.92. The molecule has 66 valence electrons. The number of rotatable bonds is 3. The summed E-state index contributed by atoms with van der Waals surface area (Å²) in [6.07, 6.45) is 2.99. The molecule has 6 heteroatoms. The van der Waals surface area contributed by atoms with E-state index in [1.165, 1.54) is 6.20 Å². The lowest BCUT2D eigenvalue weighted by Gasteiger charge is -1.91. The molecule has 1 aromatic rings. The van der Waals surface area contributed by atoms with E-state index in [1.807, 2.05) is 0 Å². The predicted octanol–water partition coefficient (Wildman–Crippen LogP) is -0.233. The quantitative estimate of drug-likeness (QED) is 0.664. The molecule has 0 aromatic carbocycles. The number of hydrogen-bond acceptors (Lipinski definition) is 4. The maximum Gasteiger partial charge on any atom is 0.167 e. The number of imidazole rings is 1. The first-order chi connectivity index (χ1) is 5.51. The fourth-order valence-electron chi connectivity index (χ4n) is 0.760. The first-order valence-corrected chi connectivity index (χ1v) is 5.24. The molecule has 1 aromatic heterocycles. The fraction of sp³-hybridized carbons (Fsp3) is 0.333. The molecule has 1 rings (SSSR count). The molecule has 0 aliphatic carbocycles. The lowest BCUT2D eigenvalue weighted by atomic mass is 10.5. The van der Waals surface area contributed by atoms with Gasteiger partial charge in [-0.15, -0.1) is 0 Å². The van der Waals surface area contributed by atoms with Gasteiger partial charge in [-0.2, -0.15) is 0 Å². The van der Waals surface area contributed by atoms with Crippen LogP contribution in [0, 0.1) is 0 Å². The number of hydrogen-bond donors (Lipinski definition) is 1. The van der Waals surface area contributed by atoms with Crippen molar-refractivity contribution in [2.75, 3.05) is 6.26 Å². The Kier molecular flexibility index (Phi) is 2.27. The third kappa shape index (κ3) is 2.46. The molecule has 0 saturated heterocycles. The lowest BCUT2D eigenvalue weighted by Crippen LogP contribution is -2.02. The van der Waals surface area contributed by atoms with E-state index < -0.39 is 9.84 Å². The Balaban J connectivity index is 2.84. The molecule has 0 aliphatic heterocycles. The second-order valence-corrected chi connectivity index (χ2v) is 4.61. The summed E-state index contributed by atoms with van der Waals surface area (Å²) in [5.41, 5.74) is 0.286. The molecule has 1 heterocycles. The zero-order valence-corrected chi connectivity index (χ0v) is 7.26. The molecular formula is C6H8N2O3S. The topological polar surface area (TPSA) is 79.9 Å². The van der Waals surface area contributed by atoms with Gasteiger partial charge in [-0.05, 0) is 0 Å². The van der Waals surface area contributed by atoms with Crippen LogP contribution in [0.25, 0.3) is 0 Å². The summed E-state index contributed by atoms with van der Waals surface area (Å²) >= 11 is 0. The van der Waals surface area contributed by atoms with E-state index >= 15 is 0 Å². The van der Waals surface area contributed by atoms with Crippen LogP contribution in [-0.2, 0) is 15.6 Å². The van der Waals surface area contributed by atoms with E-state index in [1.54, 1.807) is 0 Å². The summed E-state index contributed by atoms with van der Waals surface area (Å²) in [4.78, 5) is 16.4. The SMILES string of the molecule is CS(=O)(=O)Cc1ncc(C=O)[nH]1. The molecule has 0 unspecified atom stereocenters. The number of nitrogens with one attached hydrogen (secondary N) is 1. The Morgan fingerprint density at radius 1 is 1.67 bits per heavy atom. The zero-order valence-electron chi connectivity index (χ0n) is 6.44. The Morgan fingerprint density at radius 3 is 2.75 bits per heavy atom. The molecule has 0 atom stereocenters. The summed E-state index contributed by atoms with van der Waals surface area (Å²) < 4.78 is 21.5. The molecule has 5 nitrogen and oxygen atoms in total. The van der Waals surface area contributed by atoms with Crippen molar-refractivity contribution in [3.8, 4) is 0 Å². The second kappa shape index (κ2) is 3.06. The molecule has 0 spiro atoms. The Bertz CT molecular complexity index is 379. The Labute approximate surface area is 69.7 Å². The van der Waals surface area contributed by atoms with Gasteiger partial charge in [0.1, 0.15) is 11.6 Å². The van der Waals surface area contributed by atoms with Crippen molar-refractivity contribution in [3.05, 3.63) is 17.7 Å². The van der Waals surface area contributed by atoms with E-state index in [0.29, 0.717) is 12.1 Å². The smallest absolute Gasteiger partial charge is 0.167 e. The summed E-state index contributed by atoms with van der Waals surface area (Å²) in [6.45, 7) is 0. The molecular weight excluding hydrogens is 180 g/mol. The number of carbonyl (C=O) groups excluding carboxylic acids is 1. The zero-order chi connectivity index (χ0) is 9.19. The van der Waals surface area contributed by atoms with Crippen LogP contribution in [0.4, 0.5) is 0 Å². The van der Waals surface area contributed by atoms with Crippen LogP contribution in [0.15, 0.2) is 6.20 Å². The van der Waals surface area contributed by atoms with Gasteiger partial charge in [-0.3, -0.25) is 4.79 Å². The van der Waals surface area contributed by atoms with Crippen molar-refractivity contribution in [3.63, 3.8) is 0 Å². The van der Waals surface area contributed by atoms with Crippen LogP contribution in [0.2, 0.25) is 0 Å². The highest BCUT2D eigenvalue weighted by atomic mass is 32.2. The minimum absolute atomic E-state index is 0.166. The van der Waals surface area contributed by atoms with Crippen molar-refractivity contribution in [1.29, 1.82) is 0 Å². The molecule has 0 fully saturated rings. The largest absolute Gasteiger partial charge is 0.339 e.